The Morgan fingerprint density at radius 1 is 1.35 bits per heavy atom. The van der Waals surface area contributed by atoms with Crippen LogP contribution in [-0.2, 0) is 12.6 Å². The zero-order valence-electron chi connectivity index (χ0n) is 10.5. The minimum absolute atomic E-state index is 0.0566. The van der Waals surface area contributed by atoms with Crippen LogP contribution in [0.15, 0.2) is 34.9 Å². The summed E-state index contributed by atoms with van der Waals surface area (Å²) in [6.45, 7) is 1.81. The maximum Gasteiger partial charge on any atom is 0.418 e. The van der Waals surface area contributed by atoms with Crippen LogP contribution < -0.4 is 5.32 Å². The number of alkyl halides is 3. The second kappa shape index (κ2) is 5.36. The van der Waals surface area contributed by atoms with Crippen LogP contribution in [0, 0.1) is 0 Å². The van der Waals surface area contributed by atoms with Gasteiger partial charge in [-0.15, -0.1) is 0 Å². The molecular formula is C13H11F3N2O2. The van der Waals surface area contributed by atoms with Crippen LogP contribution in [0.2, 0.25) is 0 Å². The molecule has 2 rings (SSSR count). The van der Waals surface area contributed by atoms with Crippen molar-refractivity contribution in [2.24, 2.45) is 0 Å². The molecule has 1 aromatic carbocycles. The number of para-hydroxylation sites is 1. The van der Waals surface area contributed by atoms with Crippen LogP contribution in [0.3, 0.4) is 0 Å². The first-order valence-corrected chi connectivity index (χ1v) is 5.85. The SMILES string of the molecule is CCc1cc(C(=O)Nc2ccccc2C(F)(F)F)no1. The molecule has 0 saturated carbocycles. The van der Waals surface area contributed by atoms with E-state index in [0.717, 1.165) is 6.07 Å². The zero-order chi connectivity index (χ0) is 14.8. The Labute approximate surface area is 112 Å². The van der Waals surface area contributed by atoms with Gasteiger partial charge in [-0.05, 0) is 12.1 Å². The molecule has 1 N–H and O–H groups in total. The van der Waals surface area contributed by atoms with E-state index in [2.05, 4.69) is 10.5 Å². The fourth-order valence-corrected chi connectivity index (χ4v) is 1.61. The van der Waals surface area contributed by atoms with Crippen LogP contribution in [0.25, 0.3) is 0 Å². The van der Waals surface area contributed by atoms with Gasteiger partial charge in [0.15, 0.2) is 5.69 Å². The van der Waals surface area contributed by atoms with Crippen LogP contribution >= 0.6 is 0 Å². The molecule has 0 aliphatic rings. The molecule has 0 radical (unpaired) electrons. The normalized spacial score (nSPS) is 11.4. The Kier molecular flexibility index (Phi) is 3.78. The smallest absolute Gasteiger partial charge is 0.361 e. The zero-order valence-corrected chi connectivity index (χ0v) is 10.5. The first kappa shape index (κ1) is 14.1. The molecule has 0 atom stereocenters. The molecule has 0 bridgehead atoms. The lowest BCUT2D eigenvalue weighted by atomic mass is 10.1. The van der Waals surface area contributed by atoms with Crippen molar-refractivity contribution in [1.29, 1.82) is 0 Å². The molecule has 20 heavy (non-hydrogen) atoms. The van der Waals surface area contributed by atoms with Crippen molar-refractivity contribution >= 4 is 11.6 Å². The number of amides is 1. The standard InChI is InChI=1S/C13H11F3N2O2/c1-2-8-7-11(18-20-8)12(19)17-10-6-4-3-5-9(10)13(14,15)16/h3-7H,2H2,1H3,(H,17,19). The molecule has 0 saturated heterocycles. The van der Waals surface area contributed by atoms with E-state index in [1.807, 2.05) is 0 Å². The summed E-state index contributed by atoms with van der Waals surface area (Å²) in [5.41, 5.74) is -1.28. The molecule has 4 nitrogen and oxygen atoms in total. The highest BCUT2D eigenvalue weighted by Gasteiger charge is 2.33. The largest absolute Gasteiger partial charge is 0.418 e. The van der Waals surface area contributed by atoms with Crippen molar-refractivity contribution in [2.75, 3.05) is 5.32 Å². The number of rotatable bonds is 3. The van der Waals surface area contributed by atoms with E-state index < -0.39 is 17.6 Å². The summed E-state index contributed by atoms with van der Waals surface area (Å²) in [6, 6.07) is 6.14. The molecule has 0 spiro atoms. The van der Waals surface area contributed by atoms with E-state index in [1.54, 1.807) is 6.92 Å². The summed E-state index contributed by atoms with van der Waals surface area (Å²) in [5, 5.41) is 5.70. The predicted molar refractivity (Wildman–Crippen MR) is 65.3 cm³/mol. The molecule has 0 aliphatic carbocycles. The minimum Gasteiger partial charge on any atom is -0.361 e. The number of carbonyl (C=O) groups is 1. The molecule has 1 heterocycles. The van der Waals surface area contributed by atoms with E-state index in [-0.39, 0.29) is 11.4 Å². The van der Waals surface area contributed by atoms with Crippen molar-refractivity contribution in [1.82, 2.24) is 5.16 Å². The highest BCUT2D eigenvalue weighted by Crippen LogP contribution is 2.34. The number of anilines is 1. The Morgan fingerprint density at radius 3 is 2.65 bits per heavy atom. The summed E-state index contributed by atoms with van der Waals surface area (Å²) in [6.07, 6.45) is -4.00. The van der Waals surface area contributed by atoms with Gasteiger partial charge in [0.05, 0.1) is 11.3 Å². The number of aromatic nitrogens is 1. The van der Waals surface area contributed by atoms with Crippen molar-refractivity contribution in [3.63, 3.8) is 0 Å². The number of hydrogen-bond acceptors (Lipinski definition) is 3. The third kappa shape index (κ3) is 2.98. The summed E-state index contributed by atoms with van der Waals surface area (Å²) >= 11 is 0. The lowest BCUT2D eigenvalue weighted by molar-refractivity contribution is -0.136. The van der Waals surface area contributed by atoms with Gasteiger partial charge < -0.3 is 9.84 Å². The maximum atomic E-state index is 12.8. The van der Waals surface area contributed by atoms with Crippen molar-refractivity contribution in [3.05, 3.63) is 47.3 Å². The third-order valence-corrected chi connectivity index (χ3v) is 2.62. The second-order valence-electron chi connectivity index (χ2n) is 4.03. The predicted octanol–water partition coefficient (Wildman–Crippen LogP) is 3.51. The highest BCUT2D eigenvalue weighted by atomic mass is 19.4. The summed E-state index contributed by atoms with van der Waals surface area (Å²) in [7, 11) is 0. The van der Waals surface area contributed by atoms with Crippen LogP contribution in [0.4, 0.5) is 18.9 Å². The average Bonchev–Trinajstić information content (AvgIpc) is 2.87. The van der Waals surface area contributed by atoms with Gasteiger partial charge >= 0.3 is 6.18 Å². The van der Waals surface area contributed by atoms with E-state index in [0.29, 0.717) is 12.2 Å². The fraction of sp³-hybridized carbons (Fsp3) is 0.231. The van der Waals surface area contributed by atoms with Crippen LogP contribution in [0.5, 0.6) is 0 Å². The van der Waals surface area contributed by atoms with E-state index in [4.69, 9.17) is 4.52 Å². The Hall–Kier alpha value is -2.31. The Bertz CT molecular complexity index is 620. The van der Waals surface area contributed by atoms with Gasteiger partial charge in [0.1, 0.15) is 5.76 Å². The number of carbonyl (C=O) groups excluding carboxylic acids is 1. The summed E-state index contributed by atoms with van der Waals surface area (Å²) in [4.78, 5) is 11.8. The fourth-order valence-electron chi connectivity index (χ4n) is 1.61. The monoisotopic (exact) mass is 284 g/mol. The molecule has 0 fully saturated rings. The quantitative estimate of drug-likeness (QED) is 0.938. The van der Waals surface area contributed by atoms with Gasteiger partial charge in [-0.1, -0.05) is 24.2 Å². The first-order chi connectivity index (χ1) is 9.41. The van der Waals surface area contributed by atoms with Gasteiger partial charge in [0.25, 0.3) is 5.91 Å². The second-order valence-corrected chi connectivity index (χ2v) is 4.03. The Morgan fingerprint density at radius 2 is 2.05 bits per heavy atom. The molecular weight excluding hydrogens is 273 g/mol. The maximum absolute atomic E-state index is 12.8. The third-order valence-electron chi connectivity index (χ3n) is 2.62. The molecule has 7 heteroatoms. The van der Waals surface area contributed by atoms with Crippen molar-refractivity contribution in [3.8, 4) is 0 Å². The van der Waals surface area contributed by atoms with Gasteiger partial charge in [0, 0.05) is 12.5 Å². The first-order valence-electron chi connectivity index (χ1n) is 5.85. The molecule has 0 aliphatic heterocycles. The summed E-state index contributed by atoms with van der Waals surface area (Å²) in [5.74, 6) is -0.260. The van der Waals surface area contributed by atoms with Crippen molar-refractivity contribution in [2.45, 2.75) is 19.5 Å². The topological polar surface area (TPSA) is 55.1 Å². The number of nitrogens with one attached hydrogen (secondary N) is 1. The van der Waals surface area contributed by atoms with Gasteiger partial charge in [-0.2, -0.15) is 13.2 Å². The van der Waals surface area contributed by atoms with E-state index >= 15 is 0 Å². The van der Waals surface area contributed by atoms with Crippen molar-refractivity contribution < 1.29 is 22.5 Å². The molecule has 0 unspecified atom stereocenters. The van der Waals surface area contributed by atoms with E-state index in [9.17, 15) is 18.0 Å². The number of hydrogen-bond donors (Lipinski definition) is 1. The summed E-state index contributed by atoms with van der Waals surface area (Å²) < 4.78 is 43.2. The number of aryl methyl sites for hydroxylation is 1. The van der Waals surface area contributed by atoms with Gasteiger partial charge in [0.2, 0.25) is 0 Å². The number of halogens is 3. The number of benzene rings is 1. The van der Waals surface area contributed by atoms with Gasteiger partial charge in [-0.25, -0.2) is 0 Å². The lowest BCUT2D eigenvalue weighted by Crippen LogP contribution is -2.16. The lowest BCUT2D eigenvalue weighted by Gasteiger charge is -2.12. The Balaban J connectivity index is 2.24. The number of nitrogens with zero attached hydrogens (tertiary/aromatic N) is 1. The van der Waals surface area contributed by atoms with Gasteiger partial charge in [-0.3, -0.25) is 4.79 Å². The average molecular weight is 284 g/mol. The van der Waals surface area contributed by atoms with Crippen LogP contribution in [-0.4, -0.2) is 11.1 Å². The highest BCUT2D eigenvalue weighted by molar-refractivity contribution is 6.03. The molecule has 1 amide bonds. The minimum atomic E-state index is -4.54. The molecule has 2 aromatic rings. The molecule has 106 valence electrons. The molecule has 1 aromatic heterocycles. The van der Waals surface area contributed by atoms with Crippen LogP contribution in [0.1, 0.15) is 28.7 Å². The van der Waals surface area contributed by atoms with E-state index in [1.165, 1.54) is 24.3 Å².